The number of rotatable bonds is 6. The summed E-state index contributed by atoms with van der Waals surface area (Å²) in [6.07, 6.45) is 13.2. The third-order valence-electron chi connectivity index (χ3n) is 5.93. The van der Waals surface area contributed by atoms with Crippen LogP contribution in [-0.4, -0.2) is 25.1 Å². The lowest BCUT2D eigenvalue weighted by molar-refractivity contribution is -0.111. The van der Waals surface area contributed by atoms with Crippen molar-refractivity contribution in [3.63, 3.8) is 0 Å². The van der Waals surface area contributed by atoms with E-state index < -0.39 is 19.3 Å². The summed E-state index contributed by atoms with van der Waals surface area (Å²) in [6.45, 7) is 18.8. The van der Waals surface area contributed by atoms with Gasteiger partial charge in [-0.2, -0.15) is 0 Å². The predicted molar refractivity (Wildman–Crippen MR) is 102 cm³/mol. The zero-order chi connectivity index (χ0) is 17.9. The van der Waals surface area contributed by atoms with Crippen LogP contribution in [0.1, 0.15) is 52.9 Å². The summed E-state index contributed by atoms with van der Waals surface area (Å²) in [5.41, 5.74) is -1.80. The highest BCUT2D eigenvalue weighted by atomic mass is 28.4. The molecule has 130 valence electrons. The van der Waals surface area contributed by atoms with Crippen molar-refractivity contribution in [2.24, 2.45) is 5.41 Å². The quantitative estimate of drug-likeness (QED) is 0.418. The molecule has 0 aromatic heterocycles. The molecule has 0 amide bonds. The smallest absolute Gasteiger partial charge is 0.192 e. The van der Waals surface area contributed by atoms with Crippen LogP contribution in [0.25, 0.3) is 0 Å². The van der Waals surface area contributed by atoms with Gasteiger partial charge in [0.05, 0.1) is 11.5 Å². The molecule has 1 N–H and O–H groups in total. The molecular weight excluding hydrogens is 300 g/mol. The second-order valence-corrected chi connectivity index (χ2v) is 13.1. The normalized spacial score (nSPS) is 32.1. The summed E-state index contributed by atoms with van der Waals surface area (Å²) in [6, 6.07) is 0. The van der Waals surface area contributed by atoms with Gasteiger partial charge in [-0.15, -0.1) is 19.6 Å². The van der Waals surface area contributed by atoms with Gasteiger partial charge in [-0.05, 0) is 50.2 Å². The summed E-state index contributed by atoms with van der Waals surface area (Å²) in [4.78, 5) is 0. The number of aliphatic hydroxyl groups is 1. The van der Waals surface area contributed by atoms with Crippen molar-refractivity contribution in [2.75, 3.05) is 0 Å². The van der Waals surface area contributed by atoms with Gasteiger partial charge in [0.25, 0.3) is 0 Å². The molecule has 1 saturated carbocycles. The Balaban J connectivity index is 3.29. The minimum atomic E-state index is -1.98. The van der Waals surface area contributed by atoms with Crippen molar-refractivity contribution in [3.05, 3.63) is 25.3 Å². The molecule has 0 aromatic carbocycles. The van der Waals surface area contributed by atoms with Crippen LogP contribution in [0.3, 0.4) is 0 Å². The molecule has 1 aliphatic rings. The Bertz CT molecular complexity index is 483. The Morgan fingerprint density at radius 2 is 2.00 bits per heavy atom. The Morgan fingerprint density at radius 1 is 1.39 bits per heavy atom. The van der Waals surface area contributed by atoms with Crippen LogP contribution in [0.4, 0.5) is 0 Å². The molecule has 0 spiro atoms. The summed E-state index contributed by atoms with van der Waals surface area (Å²) in [5.74, 6) is 2.95. The molecule has 0 radical (unpaired) electrons. The minimum absolute atomic E-state index is 0.107. The molecule has 0 bridgehead atoms. The molecule has 0 aliphatic heterocycles. The van der Waals surface area contributed by atoms with Gasteiger partial charge in [0.1, 0.15) is 5.60 Å². The van der Waals surface area contributed by atoms with E-state index in [9.17, 15) is 5.11 Å². The first-order chi connectivity index (χ1) is 10.5. The molecule has 0 saturated heterocycles. The van der Waals surface area contributed by atoms with E-state index in [2.05, 4.69) is 52.9 Å². The second-order valence-electron chi connectivity index (χ2n) is 8.33. The van der Waals surface area contributed by atoms with Gasteiger partial charge in [0.2, 0.25) is 0 Å². The zero-order valence-corrected chi connectivity index (χ0v) is 16.6. The molecule has 0 aromatic rings. The number of terminal acetylenes is 1. The molecule has 0 unspecified atom stereocenters. The SMILES string of the molecule is C#C[C@@]1(CCC=C)[C@@H](O[Si](C)(C)C(C)(C)C)CCC[C@]1(O)C=C. The van der Waals surface area contributed by atoms with Crippen molar-refractivity contribution in [1.29, 1.82) is 0 Å². The first-order valence-electron chi connectivity index (χ1n) is 8.62. The summed E-state index contributed by atoms with van der Waals surface area (Å²) in [5, 5.41) is 11.3. The van der Waals surface area contributed by atoms with Crippen molar-refractivity contribution in [3.8, 4) is 12.3 Å². The van der Waals surface area contributed by atoms with E-state index in [0.717, 1.165) is 19.3 Å². The Labute approximate surface area is 144 Å². The van der Waals surface area contributed by atoms with Crippen LogP contribution in [0.15, 0.2) is 25.3 Å². The Morgan fingerprint density at radius 3 is 2.43 bits per heavy atom. The van der Waals surface area contributed by atoms with E-state index in [0.29, 0.717) is 12.8 Å². The van der Waals surface area contributed by atoms with Crippen molar-refractivity contribution in [2.45, 2.75) is 82.7 Å². The van der Waals surface area contributed by atoms with Crippen molar-refractivity contribution >= 4 is 8.32 Å². The summed E-state index contributed by atoms with van der Waals surface area (Å²) in [7, 11) is -1.98. The van der Waals surface area contributed by atoms with Gasteiger partial charge >= 0.3 is 0 Å². The van der Waals surface area contributed by atoms with Gasteiger partial charge in [0.15, 0.2) is 8.32 Å². The van der Waals surface area contributed by atoms with E-state index in [-0.39, 0.29) is 11.1 Å². The van der Waals surface area contributed by atoms with Gasteiger partial charge in [0, 0.05) is 0 Å². The maximum absolute atomic E-state index is 11.2. The van der Waals surface area contributed by atoms with Gasteiger partial charge in [-0.25, -0.2) is 0 Å². The van der Waals surface area contributed by atoms with E-state index in [1.165, 1.54) is 0 Å². The zero-order valence-electron chi connectivity index (χ0n) is 15.6. The molecular formula is C20H34O2Si. The van der Waals surface area contributed by atoms with E-state index in [4.69, 9.17) is 10.8 Å². The highest BCUT2D eigenvalue weighted by molar-refractivity contribution is 6.74. The maximum Gasteiger partial charge on any atom is 0.192 e. The molecule has 2 nitrogen and oxygen atoms in total. The van der Waals surface area contributed by atoms with Gasteiger partial charge in [-0.1, -0.05) is 38.8 Å². The van der Waals surface area contributed by atoms with Crippen LogP contribution in [0.2, 0.25) is 18.1 Å². The average molecular weight is 335 g/mol. The van der Waals surface area contributed by atoms with Crippen LogP contribution in [-0.2, 0) is 4.43 Å². The second kappa shape index (κ2) is 6.97. The lowest BCUT2D eigenvalue weighted by Gasteiger charge is -2.53. The van der Waals surface area contributed by atoms with Gasteiger partial charge in [-0.3, -0.25) is 0 Å². The third-order valence-corrected chi connectivity index (χ3v) is 10.4. The fraction of sp³-hybridized carbons (Fsp3) is 0.700. The van der Waals surface area contributed by atoms with Gasteiger partial charge < -0.3 is 9.53 Å². The minimum Gasteiger partial charge on any atom is -0.412 e. The van der Waals surface area contributed by atoms with E-state index in [1.807, 2.05) is 6.08 Å². The van der Waals surface area contributed by atoms with Crippen LogP contribution >= 0.6 is 0 Å². The topological polar surface area (TPSA) is 29.5 Å². The average Bonchev–Trinajstić information content (AvgIpc) is 2.46. The van der Waals surface area contributed by atoms with E-state index >= 15 is 0 Å². The molecule has 3 heteroatoms. The fourth-order valence-corrected chi connectivity index (χ4v) is 4.66. The van der Waals surface area contributed by atoms with Crippen LogP contribution in [0.5, 0.6) is 0 Å². The highest BCUT2D eigenvalue weighted by Gasteiger charge is 2.56. The number of allylic oxidation sites excluding steroid dienone is 1. The van der Waals surface area contributed by atoms with Crippen molar-refractivity contribution < 1.29 is 9.53 Å². The number of hydrogen-bond donors (Lipinski definition) is 1. The maximum atomic E-state index is 11.2. The molecule has 3 atom stereocenters. The van der Waals surface area contributed by atoms with E-state index in [1.54, 1.807) is 6.08 Å². The Kier molecular flexibility index (Phi) is 6.13. The lowest BCUT2D eigenvalue weighted by atomic mass is 9.59. The molecule has 0 heterocycles. The number of hydrogen-bond acceptors (Lipinski definition) is 2. The Hall–Kier alpha value is -0.823. The summed E-state index contributed by atoms with van der Waals surface area (Å²) < 4.78 is 6.70. The lowest BCUT2D eigenvalue weighted by Crippen LogP contribution is -2.60. The monoisotopic (exact) mass is 334 g/mol. The fourth-order valence-electron chi connectivity index (χ4n) is 3.28. The summed E-state index contributed by atoms with van der Waals surface area (Å²) >= 11 is 0. The van der Waals surface area contributed by atoms with Crippen LogP contribution < -0.4 is 0 Å². The first-order valence-corrected chi connectivity index (χ1v) is 11.5. The third kappa shape index (κ3) is 3.65. The largest absolute Gasteiger partial charge is 0.412 e. The van der Waals surface area contributed by atoms with Crippen LogP contribution in [0, 0.1) is 17.8 Å². The molecule has 1 fully saturated rings. The predicted octanol–water partition coefficient (Wildman–Crippen LogP) is 5.06. The standard InChI is InChI=1S/C20H34O2Si/c1-9-12-15-19(10-2)17(14-13-16-20(19,21)11-3)22-23(7,8)18(4,5)6/h2,9,11,17,21H,1,3,12-16H2,4-8H3/t17-,19+,20+/m0/s1. The molecule has 1 rings (SSSR count). The highest BCUT2D eigenvalue weighted by Crippen LogP contribution is 2.51. The molecule has 23 heavy (non-hydrogen) atoms. The van der Waals surface area contributed by atoms with Crippen molar-refractivity contribution in [1.82, 2.24) is 0 Å². The molecule has 1 aliphatic carbocycles. The first kappa shape index (κ1) is 20.2.